The van der Waals surface area contributed by atoms with E-state index >= 15 is 0 Å². The highest BCUT2D eigenvalue weighted by Crippen LogP contribution is 2.30. The fourth-order valence-electron chi connectivity index (χ4n) is 3.73. The van der Waals surface area contributed by atoms with E-state index in [-0.39, 0.29) is 22.9 Å². The monoisotopic (exact) mass is 386 g/mol. The van der Waals surface area contributed by atoms with Crippen molar-refractivity contribution in [3.8, 4) is 0 Å². The Labute approximate surface area is 161 Å². The van der Waals surface area contributed by atoms with Crippen molar-refractivity contribution in [1.82, 2.24) is 4.31 Å². The number of aryl methyl sites for hydroxylation is 1. The second kappa shape index (κ2) is 7.82. The Hall–Kier alpha value is -2.18. The Kier molecular flexibility index (Phi) is 5.67. The van der Waals surface area contributed by atoms with Gasteiger partial charge in [0, 0.05) is 23.3 Å². The van der Waals surface area contributed by atoms with Gasteiger partial charge in [-0.3, -0.25) is 4.79 Å². The van der Waals surface area contributed by atoms with Gasteiger partial charge in [-0.2, -0.15) is 4.31 Å². The Bertz CT molecular complexity index is 913. The van der Waals surface area contributed by atoms with Crippen LogP contribution in [0.2, 0.25) is 0 Å². The van der Waals surface area contributed by atoms with E-state index in [2.05, 4.69) is 5.32 Å². The van der Waals surface area contributed by atoms with Crippen molar-refractivity contribution in [1.29, 1.82) is 0 Å². The lowest BCUT2D eigenvalue weighted by Crippen LogP contribution is -2.47. The van der Waals surface area contributed by atoms with E-state index in [1.165, 1.54) is 0 Å². The highest BCUT2D eigenvalue weighted by atomic mass is 32.2. The summed E-state index contributed by atoms with van der Waals surface area (Å²) in [4.78, 5) is 12.7. The molecule has 0 aromatic heterocycles. The lowest BCUT2D eigenvalue weighted by molar-refractivity contribution is 0.102. The average Bonchev–Trinajstić information content (AvgIpc) is 2.62. The summed E-state index contributed by atoms with van der Waals surface area (Å²) < 4.78 is 27.7. The van der Waals surface area contributed by atoms with Gasteiger partial charge in [-0.15, -0.1) is 0 Å². The molecule has 1 amide bonds. The van der Waals surface area contributed by atoms with Crippen LogP contribution in [0.4, 0.5) is 5.69 Å². The lowest BCUT2D eigenvalue weighted by Gasteiger charge is -2.37. The first-order valence-electron chi connectivity index (χ1n) is 9.31. The van der Waals surface area contributed by atoms with Gasteiger partial charge in [-0.05, 0) is 69.5 Å². The second-order valence-corrected chi connectivity index (χ2v) is 9.10. The molecule has 144 valence electrons. The molecular formula is C21H26N2O3S. The molecule has 1 N–H and O–H groups in total. The minimum absolute atomic E-state index is 0.000754. The van der Waals surface area contributed by atoms with E-state index in [4.69, 9.17) is 0 Å². The van der Waals surface area contributed by atoms with E-state index in [0.29, 0.717) is 11.3 Å². The molecule has 2 aromatic rings. The van der Waals surface area contributed by atoms with E-state index in [9.17, 15) is 13.2 Å². The van der Waals surface area contributed by atoms with Gasteiger partial charge in [0.05, 0.1) is 4.90 Å². The third kappa shape index (κ3) is 4.06. The molecule has 0 radical (unpaired) electrons. The summed E-state index contributed by atoms with van der Waals surface area (Å²) in [5, 5.41) is 2.83. The fourth-order valence-corrected chi connectivity index (χ4v) is 5.61. The number of carbonyl (C=O) groups is 1. The number of carbonyl (C=O) groups excluding carboxylic acids is 1. The van der Waals surface area contributed by atoms with Gasteiger partial charge in [0.1, 0.15) is 0 Å². The molecule has 0 aliphatic carbocycles. The average molecular weight is 387 g/mol. The number of nitrogens with zero attached hydrogens (tertiary/aromatic N) is 1. The van der Waals surface area contributed by atoms with Gasteiger partial charge in [0.2, 0.25) is 10.0 Å². The number of sulfonamides is 1. The molecule has 2 aromatic carbocycles. The molecule has 5 nitrogen and oxygen atoms in total. The quantitative estimate of drug-likeness (QED) is 0.856. The summed E-state index contributed by atoms with van der Waals surface area (Å²) in [5.74, 6) is -0.206. The van der Waals surface area contributed by atoms with Crippen molar-refractivity contribution in [3.63, 3.8) is 0 Å². The van der Waals surface area contributed by atoms with Crippen molar-refractivity contribution < 1.29 is 13.2 Å². The van der Waals surface area contributed by atoms with Gasteiger partial charge in [0.25, 0.3) is 5.91 Å². The van der Waals surface area contributed by atoms with E-state index in [0.717, 1.165) is 24.8 Å². The molecule has 1 fully saturated rings. The molecule has 0 spiro atoms. The number of rotatable bonds is 4. The molecule has 0 saturated carbocycles. The summed E-state index contributed by atoms with van der Waals surface area (Å²) in [6, 6.07) is 13.8. The third-order valence-electron chi connectivity index (χ3n) is 5.19. The molecular weight excluding hydrogens is 360 g/mol. The smallest absolute Gasteiger partial charge is 0.255 e. The fraction of sp³-hybridized carbons (Fsp3) is 0.381. The van der Waals surface area contributed by atoms with Gasteiger partial charge in [0.15, 0.2) is 0 Å². The van der Waals surface area contributed by atoms with Crippen LogP contribution in [-0.2, 0) is 10.0 Å². The van der Waals surface area contributed by atoms with E-state index < -0.39 is 10.0 Å². The number of nitrogens with one attached hydrogen (secondary N) is 1. The van der Waals surface area contributed by atoms with Crippen LogP contribution in [0.15, 0.2) is 53.4 Å². The maximum Gasteiger partial charge on any atom is 0.255 e. The van der Waals surface area contributed by atoms with Crippen molar-refractivity contribution >= 4 is 21.6 Å². The molecule has 3 rings (SSSR count). The van der Waals surface area contributed by atoms with Crippen LogP contribution in [-0.4, -0.2) is 30.7 Å². The molecule has 6 heteroatoms. The zero-order valence-corrected chi connectivity index (χ0v) is 16.8. The lowest BCUT2D eigenvalue weighted by atomic mass is 10.0. The highest BCUT2D eigenvalue weighted by Gasteiger charge is 2.35. The van der Waals surface area contributed by atoms with Gasteiger partial charge in [-0.1, -0.05) is 24.6 Å². The summed E-state index contributed by atoms with van der Waals surface area (Å²) in [6.45, 7) is 5.81. The first-order valence-corrected chi connectivity index (χ1v) is 10.8. The van der Waals surface area contributed by atoms with Crippen molar-refractivity contribution in [2.45, 2.75) is 57.0 Å². The molecule has 1 aliphatic rings. The van der Waals surface area contributed by atoms with Crippen molar-refractivity contribution in [3.05, 3.63) is 59.7 Å². The Morgan fingerprint density at radius 2 is 1.59 bits per heavy atom. The Balaban J connectivity index is 1.79. The van der Waals surface area contributed by atoms with Crippen LogP contribution < -0.4 is 5.32 Å². The predicted octanol–water partition coefficient (Wildman–Crippen LogP) is 4.20. The largest absolute Gasteiger partial charge is 0.322 e. The SMILES string of the molecule is Cc1ccccc1C(=O)Nc1ccc(S(=O)(=O)N2C(C)CCCC2C)cc1. The predicted molar refractivity (Wildman–Crippen MR) is 107 cm³/mol. The Morgan fingerprint density at radius 1 is 1.00 bits per heavy atom. The topological polar surface area (TPSA) is 66.5 Å². The van der Waals surface area contributed by atoms with Crippen LogP contribution in [0.3, 0.4) is 0 Å². The second-order valence-electron chi connectivity index (χ2n) is 7.26. The maximum atomic E-state index is 13.0. The van der Waals surface area contributed by atoms with Gasteiger partial charge in [-0.25, -0.2) is 8.42 Å². The van der Waals surface area contributed by atoms with Gasteiger partial charge < -0.3 is 5.32 Å². The third-order valence-corrected chi connectivity index (χ3v) is 7.33. The van der Waals surface area contributed by atoms with Crippen LogP contribution in [0, 0.1) is 6.92 Å². The molecule has 2 atom stereocenters. The number of hydrogen-bond acceptors (Lipinski definition) is 3. The zero-order valence-electron chi connectivity index (χ0n) is 16.0. The number of benzene rings is 2. The van der Waals surface area contributed by atoms with Crippen LogP contribution in [0.25, 0.3) is 0 Å². The summed E-state index contributed by atoms with van der Waals surface area (Å²) >= 11 is 0. The van der Waals surface area contributed by atoms with Crippen LogP contribution in [0.5, 0.6) is 0 Å². The standard InChI is InChI=1S/C21H26N2O3S/c1-15-7-4-5-10-20(15)21(24)22-18-11-13-19(14-12-18)27(25,26)23-16(2)8-6-9-17(23)3/h4-5,7,10-14,16-17H,6,8-9H2,1-3H3,(H,22,24). The van der Waals surface area contributed by atoms with Gasteiger partial charge >= 0.3 is 0 Å². The first-order chi connectivity index (χ1) is 12.8. The normalized spacial score (nSPS) is 21.0. The number of piperidine rings is 1. The minimum atomic E-state index is -3.54. The van der Waals surface area contributed by atoms with Crippen LogP contribution in [0.1, 0.15) is 49.0 Å². The van der Waals surface area contributed by atoms with Crippen molar-refractivity contribution in [2.24, 2.45) is 0 Å². The van der Waals surface area contributed by atoms with E-state index in [1.54, 1.807) is 34.6 Å². The first kappa shape index (κ1) is 19.6. The number of hydrogen-bond donors (Lipinski definition) is 1. The molecule has 1 saturated heterocycles. The summed E-state index contributed by atoms with van der Waals surface area (Å²) in [5.41, 5.74) is 2.06. The molecule has 27 heavy (non-hydrogen) atoms. The molecule has 2 unspecified atom stereocenters. The summed E-state index contributed by atoms with van der Waals surface area (Å²) in [7, 11) is -3.54. The Morgan fingerprint density at radius 3 is 2.19 bits per heavy atom. The number of amides is 1. The zero-order chi connectivity index (χ0) is 19.6. The molecule has 1 heterocycles. The minimum Gasteiger partial charge on any atom is -0.322 e. The highest BCUT2D eigenvalue weighted by molar-refractivity contribution is 7.89. The van der Waals surface area contributed by atoms with Crippen molar-refractivity contribution in [2.75, 3.05) is 5.32 Å². The molecule has 0 bridgehead atoms. The molecule has 1 aliphatic heterocycles. The number of anilines is 1. The van der Waals surface area contributed by atoms with Crippen LogP contribution >= 0.6 is 0 Å². The summed E-state index contributed by atoms with van der Waals surface area (Å²) in [6.07, 6.45) is 2.82. The van der Waals surface area contributed by atoms with E-state index in [1.807, 2.05) is 39.0 Å². The maximum absolute atomic E-state index is 13.0.